The van der Waals surface area contributed by atoms with Crippen LogP contribution in [0.1, 0.15) is 17.0 Å². The first kappa shape index (κ1) is 19.3. The first-order chi connectivity index (χ1) is 14.7. The van der Waals surface area contributed by atoms with Crippen molar-refractivity contribution >= 4 is 22.7 Å². The maximum atomic E-state index is 9.75. The van der Waals surface area contributed by atoms with Crippen LogP contribution in [0.2, 0.25) is 0 Å². The molecule has 5 heteroatoms. The lowest BCUT2D eigenvalue weighted by molar-refractivity contribution is 0.284. The number of para-hydroxylation sites is 2. The number of aromatic nitrogens is 2. The second kappa shape index (κ2) is 8.54. The second-order valence-corrected chi connectivity index (χ2v) is 6.84. The van der Waals surface area contributed by atoms with E-state index < -0.39 is 0 Å². The van der Waals surface area contributed by atoms with Crippen molar-refractivity contribution in [3.8, 4) is 17.6 Å². The minimum Gasteiger partial charge on any atom is -0.493 e. The number of imidazole rings is 1. The number of fused-ring (bicyclic) bond motifs is 1. The summed E-state index contributed by atoms with van der Waals surface area (Å²) in [6.07, 6.45) is 1.81. The normalized spacial score (nSPS) is 11.3. The van der Waals surface area contributed by atoms with Crippen LogP contribution in [0, 0.1) is 11.3 Å². The molecule has 0 saturated carbocycles. The van der Waals surface area contributed by atoms with Gasteiger partial charge >= 0.3 is 0 Å². The van der Waals surface area contributed by atoms with Crippen LogP contribution < -0.4 is 9.47 Å². The number of benzene rings is 3. The Morgan fingerprint density at radius 3 is 2.53 bits per heavy atom. The summed E-state index contributed by atoms with van der Waals surface area (Å²) >= 11 is 0. The maximum absolute atomic E-state index is 9.75. The minimum absolute atomic E-state index is 0.454. The molecule has 148 valence electrons. The van der Waals surface area contributed by atoms with Gasteiger partial charge in [-0.15, -0.1) is 0 Å². The lowest BCUT2D eigenvalue weighted by Crippen LogP contribution is -1.98. The van der Waals surface area contributed by atoms with Crippen LogP contribution in [0.5, 0.6) is 11.5 Å². The highest BCUT2D eigenvalue weighted by Gasteiger charge is 2.13. The summed E-state index contributed by atoms with van der Waals surface area (Å²) in [7, 11) is 3.52. The van der Waals surface area contributed by atoms with Gasteiger partial charge in [0.15, 0.2) is 17.3 Å². The van der Waals surface area contributed by atoms with Crippen molar-refractivity contribution in [2.45, 2.75) is 6.61 Å². The number of nitriles is 1. The molecule has 5 nitrogen and oxygen atoms in total. The highest BCUT2D eigenvalue weighted by Crippen LogP contribution is 2.31. The van der Waals surface area contributed by atoms with E-state index in [-0.39, 0.29) is 0 Å². The predicted molar refractivity (Wildman–Crippen MR) is 118 cm³/mol. The van der Waals surface area contributed by atoms with Gasteiger partial charge in [-0.2, -0.15) is 5.26 Å². The van der Waals surface area contributed by atoms with Gasteiger partial charge in [0.2, 0.25) is 0 Å². The van der Waals surface area contributed by atoms with Gasteiger partial charge < -0.3 is 14.0 Å². The van der Waals surface area contributed by atoms with Crippen molar-refractivity contribution in [3.05, 3.63) is 89.7 Å². The highest BCUT2D eigenvalue weighted by molar-refractivity contribution is 5.91. The Labute approximate surface area is 175 Å². The first-order valence-electron chi connectivity index (χ1n) is 9.58. The molecule has 0 amide bonds. The molecule has 0 aliphatic heterocycles. The molecule has 1 aromatic heterocycles. The Bertz CT molecular complexity index is 1250. The van der Waals surface area contributed by atoms with Gasteiger partial charge in [-0.25, -0.2) is 4.98 Å². The fourth-order valence-electron chi connectivity index (χ4n) is 3.33. The van der Waals surface area contributed by atoms with Crippen LogP contribution in [0.4, 0.5) is 0 Å². The molecular weight excluding hydrogens is 374 g/mol. The molecule has 0 bridgehead atoms. The van der Waals surface area contributed by atoms with Gasteiger partial charge in [-0.3, -0.25) is 0 Å². The van der Waals surface area contributed by atoms with E-state index in [1.54, 1.807) is 7.11 Å². The molecule has 0 fully saturated rings. The summed E-state index contributed by atoms with van der Waals surface area (Å²) in [6.45, 7) is 0.454. The molecule has 4 rings (SSSR count). The fourth-order valence-corrected chi connectivity index (χ4v) is 3.33. The van der Waals surface area contributed by atoms with E-state index in [2.05, 4.69) is 11.1 Å². The fraction of sp³-hybridized carbons (Fsp3) is 0.120. The molecule has 1 heterocycles. The van der Waals surface area contributed by atoms with E-state index in [4.69, 9.17) is 9.47 Å². The first-order valence-corrected chi connectivity index (χ1v) is 9.58. The Hall–Kier alpha value is -4.04. The molecule has 0 radical (unpaired) electrons. The van der Waals surface area contributed by atoms with E-state index in [1.807, 2.05) is 90.5 Å². The molecule has 0 spiro atoms. The molecule has 0 N–H and O–H groups in total. The molecule has 0 aliphatic rings. The standard InChI is InChI=1S/C25H21N3O2/c1-28-22-11-7-6-10-21(22)27-25(28)20(16-26)14-19-12-13-23(24(15-19)29-2)30-17-18-8-4-3-5-9-18/h3-15H,17H2,1-2H3/b20-14+. The van der Waals surface area contributed by atoms with Gasteiger partial charge in [-0.1, -0.05) is 48.5 Å². The van der Waals surface area contributed by atoms with Gasteiger partial charge in [0.05, 0.1) is 23.7 Å². The topological polar surface area (TPSA) is 60.1 Å². The average Bonchev–Trinajstić information content (AvgIpc) is 3.13. The third kappa shape index (κ3) is 3.89. The van der Waals surface area contributed by atoms with Crippen LogP contribution in [0.15, 0.2) is 72.8 Å². The summed E-state index contributed by atoms with van der Waals surface area (Å²) in [5.41, 5.74) is 4.24. The molecule has 30 heavy (non-hydrogen) atoms. The largest absolute Gasteiger partial charge is 0.493 e. The van der Waals surface area contributed by atoms with Crippen molar-refractivity contribution in [1.29, 1.82) is 5.26 Å². The Balaban J connectivity index is 1.63. The predicted octanol–water partition coefficient (Wildman–Crippen LogP) is 5.23. The molecule has 0 unspecified atom stereocenters. The monoisotopic (exact) mass is 395 g/mol. The summed E-state index contributed by atoms with van der Waals surface area (Å²) in [5.74, 6) is 1.89. The molecule has 0 saturated heterocycles. The molecule has 3 aromatic carbocycles. The molecule has 0 atom stereocenters. The summed E-state index contributed by atoms with van der Waals surface area (Å²) in [6, 6.07) is 25.7. The van der Waals surface area contributed by atoms with E-state index >= 15 is 0 Å². The average molecular weight is 395 g/mol. The number of aryl methyl sites for hydroxylation is 1. The molecular formula is C25H21N3O2. The van der Waals surface area contributed by atoms with Crippen molar-refractivity contribution in [2.75, 3.05) is 7.11 Å². The number of ether oxygens (including phenoxy) is 2. The summed E-state index contributed by atoms with van der Waals surface area (Å²) in [5, 5.41) is 9.75. The van der Waals surface area contributed by atoms with Crippen LogP contribution >= 0.6 is 0 Å². The van der Waals surface area contributed by atoms with Gasteiger partial charge in [-0.05, 0) is 41.5 Å². The third-order valence-corrected chi connectivity index (χ3v) is 4.88. The van der Waals surface area contributed by atoms with E-state index in [9.17, 15) is 5.26 Å². The number of nitrogens with zero attached hydrogens (tertiary/aromatic N) is 3. The van der Waals surface area contributed by atoms with Crippen LogP contribution in [-0.2, 0) is 13.7 Å². The zero-order valence-electron chi connectivity index (χ0n) is 16.9. The van der Waals surface area contributed by atoms with Crippen LogP contribution in [0.25, 0.3) is 22.7 Å². The van der Waals surface area contributed by atoms with Gasteiger partial charge in [0.1, 0.15) is 12.7 Å². The Kier molecular flexibility index (Phi) is 5.49. The maximum Gasteiger partial charge on any atom is 0.161 e. The number of allylic oxidation sites excluding steroid dienone is 1. The number of methoxy groups -OCH3 is 1. The third-order valence-electron chi connectivity index (χ3n) is 4.88. The zero-order valence-corrected chi connectivity index (χ0v) is 16.9. The lowest BCUT2D eigenvalue weighted by atomic mass is 10.1. The van der Waals surface area contributed by atoms with E-state index in [0.29, 0.717) is 29.5 Å². The second-order valence-electron chi connectivity index (χ2n) is 6.84. The zero-order chi connectivity index (χ0) is 20.9. The van der Waals surface area contributed by atoms with E-state index in [1.165, 1.54) is 0 Å². The van der Waals surface area contributed by atoms with Crippen LogP contribution in [0.3, 0.4) is 0 Å². The smallest absolute Gasteiger partial charge is 0.161 e. The summed E-state index contributed by atoms with van der Waals surface area (Å²) in [4.78, 5) is 4.62. The van der Waals surface area contributed by atoms with Crippen molar-refractivity contribution in [1.82, 2.24) is 9.55 Å². The van der Waals surface area contributed by atoms with Crippen molar-refractivity contribution in [3.63, 3.8) is 0 Å². The number of hydrogen-bond acceptors (Lipinski definition) is 4. The van der Waals surface area contributed by atoms with Gasteiger partial charge in [0.25, 0.3) is 0 Å². The minimum atomic E-state index is 0.454. The molecule has 0 aliphatic carbocycles. The quantitative estimate of drug-likeness (QED) is 0.420. The molecule has 4 aromatic rings. The number of hydrogen-bond donors (Lipinski definition) is 0. The van der Waals surface area contributed by atoms with Crippen LogP contribution in [-0.4, -0.2) is 16.7 Å². The highest BCUT2D eigenvalue weighted by atomic mass is 16.5. The lowest BCUT2D eigenvalue weighted by Gasteiger charge is -2.11. The SMILES string of the molecule is COc1cc(/C=C(\C#N)c2nc3ccccc3n2C)ccc1OCc1ccccc1. The number of rotatable bonds is 6. The van der Waals surface area contributed by atoms with Crippen molar-refractivity contribution < 1.29 is 9.47 Å². The van der Waals surface area contributed by atoms with E-state index in [0.717, 1.165) is 22.2 Å². The van der Waals surface area contributed by atoms with Gasteiger partial charge in [0, 0.05) is 7.05 Å². The Morgan fingerprint density at radius 2 is 1.80 bits per heavy atom. The summed E-state index contributed by atoms with van der Waals surface area (Å²) < 4.78 is 13.4. The van der Waals surface area contributed by atoms with Crippen molar-refractivity contribution in [2.24, 2.45) is 7.05 Å². The Morgan fingerprint density at radius 1 is 1.03 bits per heavy atom.